The van der Waals surface area contributed by atoms with Gasteiger partial charge >= 0.3 is 0 Å². The monoisotopic (exact) mass is 164 g/mol. The van der Waals surface area contributed by atoms with Gasteiger partial charge in [0.1, 0.15) is 0 Å². The molecule has 0 bridgehead atoms. The van der Waals surface area contributed by atoms with Gasteiger partial charge in [-0.25, -0.2) is 0 Å². The van der Waals surface area contributed by atoms with Gasteiger partial charge in [0.05, 0.1) is 18.0 Å². The average Bonchev–Trinajstić information content (AvgIpc) is 2.43. The van der Waals surface area contributed by atoms with E-state index in [0.29, 0.717) is 0 Å². The fourth-order valence-electron chi connectivity index (χ4n) is 1.55. The van der Waals surface area contributed by atoms with Gasteiger partial charge in [0.2, 0.25) is 0 Å². The predicted molar refractivity (Wildman–Crippen MR) is 45.3 cm³/mol. The minimum atomic E-state index is 0.0387. The van der Waals surface area contributed by atoms with Gasteiger partial charge in [0, 0.05) is 13.1 Å². The lowest BCUT2D eigenvalue weighted by Gasteiger charge is -2.02. The second-order valence-corrected chi connectivity index (χ2v) is 3.24. The summed E-state index contributed by atoms with van der Waals surface area (Å²) >= 11 is 0. The molecule has 1 aromatic rings. The van der Waals surface area contributed by atoms with Crippen molar-refractivity contribution in [3.8, 4) is 0 Å². The average molecular weight is 164 g/mol. The highest BCUT2D eigenvalue weighted by atomic mass is 16.3. The van der Waals surface area contributed by atoms with E-state index in [1.165, 1.54) is 5.56 Å². The van der Waals surface area contributed by atoms with Crippen LogP contribution in [0, 0.1) is 0 Å². The lowest BCUT2D eigenvalue weighted by atomic mass is 10.2. The van der Waals surface area contributed by atoms with E-state index < -0.39 is 0 Å². The standard InChI is InChI=1S/C9H12N2O/c1-11-4-7-2-3-8(6-12)10-9(7)5-11/h2-3,12H,4-6H2,1H3. The minimum absolute atomic E-state index is 0.0387. The Morgan fingerprint density at radius 2 is 2.33 bits per heavy atom. The highest BCUT2D eigenvalue weighted by Gasteiger charge is 2.16. The van der Waals surface area contributed by atoms with Crippen LogP contribution in [-0.4, -0.2) is 22.0 Å². The first kappa shape index (κ1) is 7.71. The smallest absolute Gasteiger partial charge is 0.0853 e. The van der Waals surface area contributed by atoms with Crippen LogP contribution in [0.5, 0.6) is 0 Å². The SMILES string of the molecule is CN1Cc2ccc(CO)nc2C1. The van der Waals surface area contributed by atoms with Crippen molar-refractivity contribution in [1.29, 1.82) is 0 Å². The molecule has 0 atom stereocenters. The molecule has 0 radical (unpaired) electrons. The molecule has 3 heteroatoms. The third-order valence-electron chi connectivity index (χ3n) is 2.15. The number of nitrogens with zero attached hydrogens (tertiary/aromatic N) is 2. The molecule has 64 valence electrons. The topological polar surface area (TPSA) is 36.4 Å². The number of aliphatic hydroxyl groups is 1. The molecule has 0 amide bonds. The number of pyridine rings is 1. The third kappa shape index (κ3) is 1.21. The van der Waals surface area contributed by atoms with E-state index in [4.69, 9.17) is 5.11 Å². The molecule has 0 aliphatic carbocycles. The Bertz CT molecular complexity index is 299. The number of aliphatic hydroxyl groups excluding tert-OH is 1. The van der Waals surface area contributed by atoms with Crippen molar-refractivity contribution in [2.45, 2.75) is 19.7 Å². The van der Waals surface area contributed by atoms with E-state index >= 15 is 0 Å². The largest absolute Gasteiger partial charge is 0.390 e. The Morgan fingerprint density at radius 1 is 1.50 bits per heavy atom. The second-order valence-electron chi connectivity index (χ2n) is 3.24. The number of aromatic nitrogens is 1. The zero-order valence-electron chi connectivity index (χ0n) is 7.12. The maximum atomic E-state index is 8.86. The van der Waals surface area contributed by atoms with Crippen LogP contribution < -0.4 is 0 Å². The van der Waals surface area contributed by atoms with Crippen LogP contribution in [0.3, 0.4) is 0 Å². The molecule has 3 nitrogen and oxygen atoms in total. The molecular formula is C9H12N2O. The molecule has 0 saturated carbocycles. The first-order valence-corrected chi connectivity index (χ1v) is 4.06. The molecule has 0 fully saturated rings. The van der Waals surface area contributed by atoms with Gasteiger partial charge in [-0.05, 0) is 18.7 Å². The predicted octanol–water partition coefficient (Wildman–Crippen LogP) is 0.519. The lowest BCUT2D eigenvalue weighted by molar-refractivity contribution is 0.276. The normalized spacial score (nSPS) is 16.5. The first-order chi connectivity index (χ1) is 5.79. The first-order valence-electron chi connectivity index (χ1n) is 4.06. The number of fused-ring (bicyclic) bond motifs is 1. The van der Waals surface area contributed by atoms with E-state index in [0.717, 1.165) is 24.5 Å². The molecule has 0 spiro atoms. The van der Waals surface area contributed by atoms with Crippen LogP contribution in [0.15, 0.2) is 12.1 Å². The maximum absolute atomic E-state index is 8.86. The van der Waals surface area contributed by atoms with E-state index in [-0.39, 0.29) is 6.61 Å². The van der Waals surface area contributed by atoms with E-state index in [2.05, 4.69) is 23.0 Å². The number of hydrogen-bond donors (Lipinski definition) is 1. The van der Waals surface area contributed by atoms with Crippen molar-refractivity contribution in [3.05, 3.63) is 29.1 Å². The van der Waals surface area contributed by atoms with Gasteiger partial charge in [-0.2, -0.15) is 0 Å². The van der Waals surface area contributed by atoms with Crippen molar-refractivity contribution in [1.82, 2.24) is 9.88 Å². The Morgan fingerprint density at radius 3 is 3.08 bits per heavy atom. The van der Waals surface area contributed by atoms with Crippen LogP contribution in [0.1, 0.15) is 17.0 Å². The summed E-state index contributed by atoms with van der Waals surface area (Å²) in [7, 11) is 2.07. The zero-order valence-corrected chi connectivity index (χ0v) is 7.12. The quantitative estimate of drug-likeness (QED) is 0.657. The number of rotatable bonds is 1. The molecule has 1 N–H and O–H groups in total. The van der Waals surface area contributed by atoms with E-state index in [1.54, 1.807) is 0 Å². The van der Waals surface area contributed by atoms with Crippen molar-refractivity contribution in [2.75, 3.05) is 7.05 Å². The highest BCUT2D eigenvalue weighted by molar-refractivity contribution is 5.25. The van der Waals surface area contributed by atoms with Crippen LogP contribution in [0.4, 0.5) is 0 Å². The highest BCUT2D eigenvalue weighted by Crippen LogP contribution is 2.19. The molecule has 2 heterocycles. The Labute approximate surface area is 71.7 Å². The van der Waals surface area contributed by atoms with Gasteiger partial charge in [0.25, 0.3) is 0 Å². The van der Waals surface area contributed by atoms with Crippen LogP contribution >= 0.6 is 0 Å². The molecule has 12 heavy (non-hydrogen) atoms. The van der Waals surface area contributed by atoms with Crippen LogP contribution in [-0.2, 0) is 19.7 Å². The summed E-state index contributed by atoms with van der Waals surface area (Å²) in [6.45, 7) is 1.92. The van der Waals surface area contributed by atoms with Crippen molar-refractivity contribution < 1.29 is 5.11 Å². The molecule has 2 rings (SSSR count). The molecule has 1 aromatic heterocycles. The molecule has 1 aliphatic rings. The fraction of sp³-hybridized carbons (Fsp3) is 0.444. The Hall–Kier alpha value is -0.930. The van der Waals surface area contributed by atoms with Gasteiger partial charge in [-0.15, -0.1) is 0 Å². The van der Waals surface area contributed by atoms with E-state index in [1.807, 2.05) is 6.07 Å². The summed E-state index contributed by atoms with van der Waals surface area (Å²) in [4.78, 5) is 6.54. The summed E-state index contributed by atoms with van der Waals surface area (Å²) in [5.41, 5.74) is 3.17. The molecule has 1 aliphatic heterocycles. The molecule has 0 aromatic carbocycles. The Kier molecular flexibility index (Phi) is 1.83. The van der Waals surface area contributed by atoms with Crippen LogP contribution in [0.2, 0.25) is 0 Å². The Balaban J connectivity index is 2.35. The van der Waals surface area contributed by atoms with Crippen molar-refractivity contribution in [3.63, 3.8) is 0 Å². The zero-order chi connectivity index (χ0) is 8.55. The molecule has 0 unspecified atom stereocenters. The van der Waals surface area contributed by atoms with Gasteiger partial charge in [0.15, 0.2) is 0 Å². The van der Waals surface area contributed by atoms with Crippen molar-refractivity contribution in [2.24, 2.45) is 0 Å². The fourth-order valence-corrected chi connectivity index (χ4v) is 1.55. The summed E-state index contributed by atoms with van der Waals surface area (Å²) in [5, 5.41) is 8.86. The van der Waals surface area contributed by atoms with Crippen molar-refractivity contribution >= 4 is 0 Å². The second kappa shape index (κ2) is 2.84. The minimum Gasteiger partial charge on any atom is -0.390 e. The number of hydrogen-bond acceptors (Lipinski definition) is 3. The van der Waals surface area contributed by atoms with Crippen LogP contribution in [0.25, 0.3) is 0 Å². The van der Waals surface area contributed by atoms with E-state index in [9.17, 15) is 0 Å². The molecule has 0 saturated heterocycles. The summed E-state index contributed by atoms with van der Waals surface area (Å²) < 4.78 is 0. The summed E-state index contributed by atoms with van der Waals surface area (Å²) in [6, 6.07) is 3.94. The van der Waals surface area contributed by atoms with Gasteiger partial charge in [-0.3, -0.25) is 9.88 Å². The lowest BCUT2D eigenvalue weighted by Crippen LogP contribution is -2.07. The molecular weight excluding hydrogens is 152 g/mol. The summed E-state index contributed by atoms with van der Waals surface area (Å²) in [6.07, 6.45) is 0. The third-order valence-corrected chi connectivity index (χ3v) is 2.15. The van der Waals surface area contributed by atoms with Gasteiger partial charge < -0.3 is 5.11 Å². The van der Waals surface area contributed by atoms with Gasteiger partial charge in [-0.1, -0.05) is 6.07 Å². The maximum Gasteiger partial charge on any atom is 0.0853 e. The summed E-state index contributed by atoms with van der Waals surface area (Å²) in [5.74, 6) is 0.